The highest BCUT2D eigenvalue weighted by Gasteiger charge is 2.36. The van der Waals surface area contributed by atoms with E-state index in [4.69, 9.17) is 24.7 Å². The third kappa shape index (κ3) is 10.1. The molecule has 1 rings (SSSR count). The van der Waals surface area contributed by atoms with E-state index in [0.29, 0.717) is 18.4 Å². The Morgan fingerprint density at radius 3 is 1.89 bits per heavy atom. The van der Waals surface area contributed by atoms with E-state index < -0.39 is 29.4 Å². The third-order valence-corrected chi connectivity index (χ3v) is 6.05. The van der Waals surface area contributed by atoms with Gasteiger partial charge in [0.2, 0.25) is 0 Å². The SMILES string of the molecule is CCCC(C)C(=O)Oc1ccc(C[C@](N)(CCOC(=O)C(C)C)C(=O)OC)cc1OC(=O)C(C)CCC. The highest BCUT2D eigenvalue weighted by atomic mass is 16.6. The summed E-state index contributed by atoms with van der Waals surface area (Å²) in [5, 5.41) is 0. The number of methoxy groups -OCH3 is 1. The van der Waals surface area contributed by atoms with Crippen LogP contribution < -0.4 is 15.2 Å². The minimum Gasteiger partial charge on any atom is -0.468 e. The molecular weight excluding hydrogens is 478 g/mol. The predicted octanol–water partition coefficient (Wildman–Crippen LogP) is 4.37. The molecule has 0 aliphatic rings. The van der Waals surface area contributed by atoms with Crippen molar-refractivity contribution in [1.29, 1.82) is 0 Å². The van der Waals surface area contributed by atoms with Crippen LogP contribution in [-0.4, -0.2) is 43.1 Å². The monoisotopic (exact) mass is 521 g/mol. The maximum Gasteiger partial charge on any atom is 0.326 e. The van der Waals surface area contributed by atoms with Gasteiger partial charge in [-0.3, -0.25) is 19.2 Å². The quantitative estimate of drug-likeness (QED) is 0.264. The van der Waals surface area contributed by atoms with Crippen LogP contribution in [0.2, 0.25) is 0 Å². The standard InChI is InChI=1S/C28H43NO8/c1-8-10-19(5)25(31)36-22-13-12-21(16-23(22)37-26(32)20(6)11-9-2)17-28(29,27(33)34-7)14-15-35-24(30)18(3)4/h12-13,16,18-20H,8-11,14-15,17,29H2,1-7H3/t19?,20?,28-/m1/s1. The molecule has 0 aliphatic heterocycles. The first-order chi connectivity index (χ1) is 17.4. The Labute approximate surface area is 220 Å². The average molecular weight is 522 g/mol. The Bertz CT molecular complexity index is 929. The molecule has 0 radical (unpaired) electrons. The summed E-state index contributed by atoms with van der Waals surface area (Å²) in [5.41, 5.74) is 5.47. The summed E-state index contributed by atoms with van der Waals surface area (Å²) in [7, 11) is 1.23. The van der Waals surface area contributed by atoms with Crippen LogP contribution in [0.1, 0.15) is 79.2 Å². The van der Waals surface area contributed by atoms with Crippen molar-refractivity contribution >= 4 is 23.9 Å². The molecular formula is C28H43NO8. The number of ether oxygens (including phenoxy) is 4. The van der Waals surface area contributed by atoms with Gasteiger partial charge in [0.1, 0.15) is 5.54 Å². The smallest absolute Gasteiger partial charge is 0.326 e. The molecule has 0 aliphatic carbocycles. The molecule has 2 N–H and O–H groups in total. The van der Waals surface area contributed by atoms with Gasteiger partial charge < -0.3 is 24.7 Å². The van der Waals surface area contributed by atoms with E-state index in [1.54, 1.807) is 33.8 Å². The van der Waals surface area contributed by atoms with Crippen molar-refractivity contribution in [3.05, 3.63) is 23.8 Å². The van der Waals surface area contributed by atoms with Crippen molar-refractivity contribution < 1.29 is 38.1 Å². The highest BCUT2D eigenvalue weighted by molar-refractivity contribution is 5.81. The van der Waals surface area contributed by atoms with Crippen molar-refractivity contribution in [1.82, 2.24) is 0 Å². The van der Waals surface area contributed by atoms with Gasteiger partial charge in [-0.1, -0.05) is 60.5 Å². The Hall–Kier alpha value is -2.94. The lowest BCUT2D eigenvalue weighted by Gasteiger charge is -2.27. The molecule has 0 amide bonds. The van der Waals surface area contributed by atoms with Gasteiger partial charge in [-0.2, -0.15) is 0 Å². The second kappa shape index (κ2) is 15.3. The normalized spacial score (nSPS) is 14.3. The van der Waals surface area contributed by atoms with Gasteiger partial charge in [0, 0.05) is 12.8 Å². The molecule has 0 fully saturated rings. The third-order valence-electron chi connectivity index (χ3n) is 6.05. The molecule has 0 bridgehead atoms. The number of rotatable bonds is 15. The zero-order valence-corrected chi connectivity index (χ0v) is 23.3. The number of hydrogen-bond acceptors (Lipinski definition) is 9. The van der Waals surface area contributed by atoms with Gasteiger partial charge in [0.25, 0.3) is 0 Å². The van der Waals surface area contributed by atoms with Gasteiger partial charge in [0.05, 0.1) is 31.5 Å². The van der Waals surface area contributed by atoms with Crippen molar-refractivity contribution in [3.63, 3.8) is 0 Å². The summed E-state index contributed by atoms with van der Waals surface area (Å²) in [5.74, 6) is -2.76. The molecule has 0 heterocycles. The van der Waals surface area contributed by atoms with E-state index in [-0.39, 0.29) is 48.7 Å². The lowest BCUT2D eigenvalue weighted by atomic mass is 9.88. The maximum atomic E-state index is 12.7. The van der Waals surface area contributed by atoms with Gasteiger partial charge in [-0.25, -0.2) is 0 Å². The van der Waals surface area contributed by atoms with Crippen molar-refractivity contribution in [3.8, 4) is 11.5 Å². The number of carbonyl (C=O) groups excluding carboxylic acids is 4. The zero-order chi connectivity index (χ0) is 28.2. The van der Waals surface area contributed by atoms with Gasteiger partial charge in [0.15, 0.2) is 11.5 Å². The number of benzene rings is 1. The Morgan fingerprint density at radius 1 is 0.865 bits per heavy atom. The lowest BCUT2D eigenvalue weighted by Crippen LogP contribution is -2.51. The van der Waals surface area contributed by atoms with Crippen LogP contribution in [0.3, 0.4) is 0 Å². The minimum atomic E-state index is -1.50. The number of esters is 4. The molecule has 0 spiro atoms. The molecule has 1 aromatic carbocycles. The van der Waals surface area contributed by atoms with Crippen molar-refractivity contribution in [2.24, 2.45) is 23.5 Å². The van der Waals surface area contributed by atoms with E-state index in [1.165, 1.54) is 19.2 Å². The zero-order valence-electron chi connectivity index (χ0n) is 23.3. The summed E-state index contributed by atoms with van der Waals surface area (Å²) < 4.78 is 21.3. The number of carbonyl (C=O) groups is 4. The van der Waals surface area contributed by atoms with E-state index >= 15 is 0 Å². The van der Waals surface area contributed by atoms with E-state index in [1.807, 2.05) is 13.8 Å². The topological polar surface area (TPSA) is 131 Å². The number of nitrogens with two attached hydrogens (primary N) is 1. The first-order valence-electron chi connectivity index (χ1n) is 13.0. The second-order valence-electron chi connectivity index (χ2n) is 9.90. The van der Waals surface area contributed by atoms with Crippen LogP contribution in [0.15, 0.2) is 18.2 Å². The Balaban J connectivity index is 3.26. The average Bonchev–Trinajstić information content (AvgIpc) is 2.84. The highest BCUT2D eigenvalue weighted by Crippen LogP contribution is 2.32. The fourth-order valence-electron chi connectivity index (χ4n) is 3.68. The van der Waals surface area contributed by atoms with Crippen LogP contribution in [0.4, 0.5) is 0 Å². The van der Waals surface area contributed by atoms with Gasteiger partial charge in [-0.15, -0.1) is 0 Å². The molecule has 9 heteroatoms. The summed E-state index contributed by atoms with van der Waals surface area (Å²) in [6.07, 6.45) is 2.97. The fraction of sp³-hybridized carbons (Fsp3) is 0.643. The number of hydrogen-bond donors (Lipinski definition) is 1. The second-order valence-corrected chi connectivity index (χ2v) is 9.90. The van der Waals surface area contributed by atoms with E-state index in [0.717, 1.165) is 12.8 Å². The lowest BCUT2D eigenvalue weighted by molar-refractivity contribution is -0.152. The molecule has 0 aromatic heterocycles. The van der Waals surface area contributed by atoms with Crippen molar-refractivity contribution in [2.45, 2.75) is 85.6 Å². The van der Waals surface area contributed by atoms with E-state index in [9.17, 15) is 19.2 Å². The van der Waals surface area contributed by atoms with Crippen LogP contribution in [0.5, 0.6) is 11.5 Å². The molecule has 37 heavy (non-hydrogen) atoms. The van der Waals surface area contributed by atoms with Crippen LogP contribution in [0, 0.1) is 17.8 Å². The van der Waals surface area contributed by atoms with Crippen LogP contribution in [-0.2, 0) is 35.1 Å². The molecule has 208 valence electrons. The molecule has 0 saturated carbocycles. The molecule has 0 saturated heterocycles. The summed E-state index contributed by atoms with van der Waals surface area (Å²) in [4.78, 5) is 49.6. The first-order valence-corrected chi connectivity index (χ1v) is 13.0. The maximum absolute atomic E-state index is 12.7. The Morgan fingerprint density at radius 2 is 1.41 bits per heavy atom. The van der Waals surface area contributed by atoms with Crippen LogP contribution in [0.25, 0.3) is 0 Å². The summed E-state index contributed by atoms with van der Waals surface area (Å²) in [6.45, 7) is 10.8. The van der Waals surface area contributed by atoms with Gasteiger partial charge >= 0.3 is 23.9 Å². The largest absolute Gasteiger partial charge is 0.468 e. The van der Waals surface area contributed by atoms with E-state index in [2.05, 4.69) is 0 Å². The summed E-state index contributed by atoms with van der Waals surface area (Å²) >= 11 is 0. The summed E-state index contributed by atoms with van der Waals surface area (Å²) in [6, 6.07) is 4.70. The predicted molar refractivity (Wildman–Crippen MR) is 139 cm³/mol. The molecule has 9 nitrogen and oxygen atoms in total. The fourth-order valence-corrected chi connectivity index (χ4v) is 3.68. The molecule has 1 aromatic rings. The molecule has 3 atom stereocenters. The Kier molecular flexibility index (Phi) is 13.3. The van der Waals surface area contributed by atoms with Crippen LogP contribution >= 0.6 is 0 Å². The minimum absolute atomic E-state index is 0.00836. The molecule has 2 unspecified atom stereocenters. The first kappa shape index (κ1) is 32.1. The van der Waals surface area contributed by atoms with Gasteiger partial charge in [-0.05, 0) is 30.5 Å². The van der Waals surface area contributed by atoms with Crippen molar-refractivity contribution in [2.75, 3.05) is 13.7 Å².